The van der Waals surface area contributed by atoms with E-state index >= 15 is 0 Å². The highest BCUT2D eigenvalue weighted by Crippen LogP contribution is 2.19. The Balaban J connectivity index is 3.50. The SMILES string of the molecule is CCCc1cc(S(=O)(=O)O)cc(S(=O)(=O)O)c1. The molecule has 1 aromatic carbocycles. The Hall–Kier alpha value is -0.960. The Morgan fingerprint density at radius 1 is 0.941 bits per heavy atom. The largest absolute Gasteiger partial charge is 0.294 e. The maximum atomic E-state index is 10.9. The minimum absolute atomic E-state index is 0.412. The van der Waals surface area contributed by atoms with Gasteiger partial charge in [0.15, 0.2) is 0 Å². The fourth-order valence-electron chi connectivity index (χ4n) is 1.36. The lowest BCUT2D eigenvalue weighted by Gasteiger charge is -2.05. The number of aryl methyl sites for hydroxylation is 1. The average Bonchev–Trinajstić information content (AvgIpc) is 2.15. The zero-order valence-corrected chi connectivity index (χ0v) is 10.6. The van der Waals surface area contributed by atoms with Crippen LogP contribution in [0.3, 0.4) is 0 Å². The first-order chi connectivity index (χ1) is 7.64. The molecule has 8 heteroatoms. The monoisotopic (exact) mass is 280 g/mol. The molecule has 17 heavy (non-hydrogen) atoms. The lowest BCUT2D eigenvalue weighted by molar-refractivity contribution is 0.480. The first-order valence-electron chi connectivity index (χ1n) is 4.73. The molecular weight excluding hydrogens is 268 g/mol. The second-order valence-corrected chi connectivity index (χ2v) is 6.36. The molecule has 96 valence electrons. The molecule has 0 amide bonds. The zero-order chi connectivity index (χ0) is 13.3. The van der Waals surface area contributed by atoms with Crippen molar-refractivity contribution in [2.45, 2.75) is 29.6 Å². The van der Waals surface area contributed by atoms with Crippen molar-refractivity contribution < 1.29 is 25.9 Å². The van der Waals surface area contributed by atoms with Crippen molar-refractivity contribution in [3.63, 3.8) is 0 Å². The molecule has 1 aromatic rings. The van der Waals surface area contributed by atoms with Crippen molar-refractivity contribution in [3.8, 4) is 0 Å². The summed E-state index contributed by atoms with van der Waals surface area (Å²) >= 11 is 0. The smallest absolute Gasteiger partial charge is 0.282 e. The van der Waals surface area contributed by atoms with Crippen LogP contribution in [0.1, 0.15) is 18.9 Å². The Labute approximate surface area is 99.8 Å². The maximum absolute atomic E-state index is 10.9. The second kappa shape index (κ2) is 4.73. The molecule has 0 saturated carbocycles. The Morgan fingerprint density at radius 3 is 1.65 bits per heavy atom. The molecule has 0 aliphatic rings. The lowest BCUT2D eigenvalue weighted by Crippen LogP contribution is -2.05. The van der Waals surface area contributed by atoms with E-state index in [1.54, 1.807) is 0 Å². The quantitative estimate of drug-likeness (QED) is 0.800. The van der Waals surface area contributed by atoms with Crippen LogP contribution in [0.15, 0.2) is 28.0 Å². The van der Waals surface area contributed by atoms with Crippen LogP contribution in [-0.2, 0) is 26.7 Å². The molecule has 1 rings (SSSR count). The summed E-state index contributed by atoms with van der Waals surface area (Å²) in [6, 6.07) is 3.06. The summed E-state index contributed by atoms with van der Waals surface area (Å²) in [6.07, 6.45) is 1.10. The molecule has 0 aromatic heterocycles. The van der Waals surface area contributed by atoms with Gasteiger partial charge in [0, 0.05) is 0 Å². The molecule has 6 nitrogen and oxygen atoms in total. The summed E-state index contributed by atoms with van der Waals surface area (Å²) in [6.45, 7) is 1.83. The molecule has 0 heterocycles. The van der Waals surface area contributed by atoms with Crippen LogP contribution in [0.4, 0.5) is 0 Å². The van der Waals surface area contributed by atoms with Crippen molar-refractivity contribution in [3.05, 3.63) is 23.8 Å². The van der Waals surface area contributed by atoms with Gasteiger partial charge in [-0.05, 0) is 30.2 Å². The van der Waals surface area contributed by atoms with Crippen molar-refractivity contribution >= 4 is 20.2 Å². The van der Waals surface area contributed by atoms with Crippen molar-refractivity contribution in [1.29, 1.82) is 0 Å². The predicted molar refractivity (Wildman–Crippen MR) is 60.1 cm³/mol. The van der Waals surface area contributed by atoms with E-state index in [0.29, 0.717) is 24.5 Å². The van der Waals surface area contributed by atoms with Crippen LogP contribution >= 0.6 is 0 Å². The van der Waals surface area contributed by atoms with E-state index in [1.165, 1.54) is 12.1 Å². The van der Waals surface area contributed by atoms with Gasteiger partial charge < -0.3 is 0 Å². The third kappa shape index (κ3) is 3.77. The highest BCUT2D eigenvalue weighted by molar-refractivity contribution is 7.86. The van der Waals surface area contributed by atoms with E-state index < -0.39 is 30.0 Å². The molecular formula is C9H12O6S2. The first-order valence-corrected chi connectivity index (χ1v) is 7.61. The molecule has 0 unspecified atom stereocenters. The van der Waals surface area contributed by atoms with Gasteiger partial charge >= 0.3 is 0 Å². The van der Waals surface area contributed by atoms with E-state index in [1.807, 2.05) is 6.92 Å². The number of hydrogen-bond donors (Lipinski definition) is 2. The molecule has 0 spiro atoms. The van der Waals surface area contributed by atoms with Crippen molar-refractivity contribution in [2.24, 2.45) is 0 Å². The van der Waals surface area contributed by atoms with Crippen LogP contribution in [-0.4, -0.2) is 25.9 Å². The highest BCUT2D eigenvalue weighted by atomic mass is 32.2. The summed E-state index contributed by atoms with van der Waals surface area (Å²) in [5, 5.41) is 0. The summed E-state index contributed by atoms with van der Waals surface area (Å²) < 4.78 is 61.5. The fourth-order valence-corrected chi connectivity index (χ4v) is 2.59. The van der Waals surface area contributed by atoms with Gasteiger partial charge in [0.2, 0.25) is 0 Å². The lowest BCUT2D eigenvalue weighted by atomic mass is 10.1. The Bertz CT molecular complexity index is 565. The Morgan fingerprint density at radius 2 is 1.35 bits per heavy atom. The van der Waals surface area contributed by atoms with Gasteiger partial charge in [-0.25, -0.2) is 0 Å². The molecule has 0 bridgehead atoms. The van der Waals surface area contributed by atoms with Gasteiger partial charge in [-0.1, -0.05) is 13.3 Å². The van der Waals surface area contributed by atoms with E-state index in [9.17, 15) is 16.8 Å². The summed E-state index contributed by atoms with van der Waals surface area (Å²) in [7, 11) is -9.00. The molecule has 0 radical (unpaired) electrons. The summed E-state index contributed by atoms with van der Waals surface area (Å²) in [5.74, 6) is 0. The average molecular weight is 280 g/mol. The van der Waals surface area contributed by atoms with E-state index in [2.05, 4.69) is 0 Å². The maximum Gasteiger partial charge on any atom is 0.294 e. The zero-order valence-electron chi connectivity index (χ0n) is 8.99. The van der Waals surface area contributed by atoms with E-state index in [0.717, 1.165) is 0 Å². The minimum Gasteiger partial charge on any atom is -0.282 e. The normalized spacial score (nSPS) is 12.6. The molecule has 2 N–H and O–H groups in total. The van der Waals surface area contributed by atoms with Crippen LogP contribution in [0.25, 0.3) is 0 Å². The summed E-state index contributed by atoms with van der Waals surface area (Å²) in [4.78, 5) is -1.09. The first kappa shape index (κ1) is 14.1. The van der Waals surface area contributed by atoms with Crippen LogP contribution in [0, 0.1) is 0 Å². The second-order valence-electron chi connectivity index (χ2n) is 3.51. The topological polar surface area (TPSA) is 109 Å². The van der Waals surface area contributed by atoms with Gasteiger partial charge in [-0.2, -0.15) is 16.8 Å². The molecule has 0 saturated heterocycles. The van der Waals surface area contributed by atoms with Crippen LogP contribution in [0.2, 0.25) is 0 Å². The van der Waals surface area contributed by atoms with Crippen molar-refractivity contribution in [2.75, 3.05) is 0 Å². The molecule has 0 fully saturated rings. The third-order valence-electron chi connectivity index (χ3n) is 2.07. The van der Waals surface area contributed by atoms with E-state index in [-0.39, 0.29) is 0 Å². The van der Waals surface area contributed by atoms with Crippen molar-refractivity contribution in [1.82, 2.24) is 0 Å². The standard InChI is InChI=1S/C9H12O6S2/c1-2-3-7-4-8(16(10,11)12)6-9(5-7)17(13,14)15/h4-6H,2-3H2,1H3,(H,10,11,12)(H,13,14,15). The van der Waals surface area contributed by atoms with Gasteiger partial charge in [-0.15, -0.1) is 0 Å². The van der Waals surface area contributed by atoms with Crippen LogP contribution < -0.4 is 0 Å². The Kier molecular flexibility index (Phi) is 3.92. The molecule has 0 aliphatic heterocycles. The number of benzene rings is 1. The fraction of sp³-hybridized carbons (Fsp3) is 0.333. The van der Waals surface area contributed by atoms with Crippen LogP contribution in [0.5, 0.6) is 0 Å². The van der Waals surface area contributed by atoms with Gasteiger partial charge in [0.05, 0.1) is 9.79 Å². The third-order valence-corrected chi connectivity index (χ3v) is 3.74. The van der Waals surface area contributed by atoms with Gasteiger partial charge in [0.25, 0.3) is 20.2 Å². The highest BCUT2D eigenvalue weighted by Gasteiger charge is 2.17. The predicted octanol–water partition coefficient (Wildman–Crippen LogP) is 1.13. The minimum atomic E-state index is -4.50. The number of rotatable bonds is 4. The van der Waals surface area contributed by atoms with Gasteiger partial charge in [-0.3, -0.25) is 9.11 Å². The van der Waals surface area contributed by atoms with E-state index in [4.69, 9.17) is 9.11 Å². The van der Waals surface area contributed by atoms with Gasteiger partial charge in [0.1, 0.15) is 0 Å². The number of hydrogen-bond acceptors (Lipinski definition) is 4. The summed E-state index contributed by atoms with van der Waals surface area (Å²) in [5.41, 5.74) is 0.412. The molecule has 0 aliphatic carbocycles. The molecule has 0 atom stereocenters.